The Labute approximate surface area is 171 Å². The molecule has 4 rings (SSSR count). The van der Waals surface area contributed by atoms with Gasteiger partial charge >= 0.3 is 0 Å². The van der Waals surface area contributed by atoms with E-state index in [2.05, 4.69) is 11.0 Å². The van der Waals surface area contributed by atoms with Gasteiger partial charge in [0, 0.05) is 37.2 Å². The van der Waals surface area contributed by atoms with Gasteiger partial charge in [-0.25, -0.2) is 4.90 Å². The van der Waals surface area contributed by atoms with E-state index < -0.39 is 0 Å². The van der Waals surface area contributed by atoms with Gasteiger partial charge in [-0.05, 0) is 31.4 Å². The summed E-state index contributed by atoms with van der Waals surface area (Å²) in [5.74, 6) is 0.468. The number of hydrogen-bond acceptors (Lipinski definition) is 6. The lowest BCUT2D eigenvalue weighted by Gasteiger charge is -2.38. The number of methoxy groups -OCH3 is 2. The third-order valence-electron chi connectivity index (χ3n) is 6.12. The maximum Gasteiger partial charge on any atom is 0.238 e. The molecule has 0 bridgehead atoms. The zero-order chi connectivity index (χ0) is 20.4. The van der Waals surface area contributed by atoms with Gasteiger partial charge in [-0.1, -0.05) is 6.08 Å². The second-order valence-electron chi connectivity index (χ2n) is 7.68. The van der Waals surface area contributed by atoms with Crippen molar-refractivity contribution in [3.63, 3.8) is 0 Å². The van der Waals surface area contributed by atoms with Crippen LogP contribution in [0.1, 0.15) is 25.7 Å². The van der Waals surface area contributed by atoms with Gasteiger partial charge in [0.05, 0.1) is 39.0 Å². The number of amides is 2. The largest absolute Gasteiger partial charge is 0.497 e. The molecule has 2 aliphatic heterocycles. The minimum Gasteiger partial charge on any atom is -0.497 e. The van der Waals surface area contributed by atoms with Crippen LogP contribution < -0.4 is 14.4 Å². The minimum absolute atomic E-state index is 0.0694. The van der Waals surface area contributed by atoms with Crippen LogP contribution in [0.5, 0.6) is 11.5 Å². The van der Waals surface area contributed by atoms with Crippen LogP contribution in [0.4, 0.5) is 5.69 Å². The Morgan fingerprint density at radius 1 is 1.07 bits per heavy atom. The van der Waals surface area contributed by atoms with Crippen LogP contribution in [0.25, 0.3) is 0 Å². The summed E-state index contributed by atoms with van der Waals surface area (Å²) in [4.78, 5) is 30.0. The molecule has 0 N–H and O–H groups in total. The van der Waals surface area contributed by atoms with Gasteiger partial charge in [0.2, 0.25) is 11.8 Å². The van der Waals surface area contributed by atoms with E-state index in [-0.39, 0.29) is 30.1 Å². The van der Waals surface area contributed by atoms with Crippen molar-refractivity contribution in [3.05, 3.63) is 30.0 Å². The van der Waals surface area contributed by atoms with Crippen LogP contribution in [0.2, 0.25) is 0 Å². The summed E-state index contributed by atoms with van der Waals surface area (Å²) in [6.07, 6.45) is 5.47. The van der Waals surface area contributed by atoms with Crippen LogP contribution in [-0.4, -0.2) is 57.2 Å². The Morgan fingerprint density at radius 3 is 2.59 bits per heavy atom. The molecule has 156 valence electrons. The molecule has 7 heteroatoms. The molecule has 2 heterocycles. The number of allylic oxidation sites excluding steroid dienone is 2. The molecule has 7 nitrogen and oxygen atoms in total. The van der Waals surface area contributed by atoms with Crippen molar-refractivity contribution in [2.75, 3.05) is 45.4 Å². The van der Waals surface area contributed by atoms with E-state index in [1.165, 1.54) is 17.7 Å². The van der Waals surface area contributed by atoms with E-state index in [4.69, 9.17) is 14.2 Å². The van der Waals surface area contributed by atoms with Gasteiger partial charge in [-0.2, -0.15) is 0 Å². The number of carbonyl (C=O) groups is 2. The van der Waals surface area contributed by atoms with Crippen LogP contribution in [-0.2, 0) is 14.3 Å². The third kappa shape index (κ3) is 3.71. The van der Waals surface area contributed by atoms with Gasteiger partial charge in [0.15, 0.2) is 0 Å². The van der Waals surface area contributed by atoms with Gasteiger partial charge in [-0.15, -0.1) is 0 Å². The molecule has 2 fully saturated rings. The molecule has 2 amide bonds. The summed E-state index contributed by atoms with van der Waals surface area (Å²) in [5.41, 5.74) is 1.67. The lowest BCUT2D eigenvalue weighted by Crippen LogP contribution is -2.41. The predicted molar refractivity (Wildman–Crippen MR) is 108 cm³/mol. The van der Waals surface area contributed by atoms with Crippen molar-refractivity contribution >= 4 is 17.5 Å². The predicted octanol–water partition coefficient (Wildman–Crippen LogP) is 2.60. The highest BCUT2D eigenvalue weighted by molar-refractivity contribution is 6.21. The molecule has 1 aliphatic carbocycles. The average Bonchev–Trinajstić information content (AvgIpc) is 3.07. The average molecular weight is 400 g/mol. The summed E-state index contributed by atoms with van der Waals surface area (Å²) in [7, 11) is 3.09. The number of ether oxygens (including phenoxy) is 3. The monoisotopic (exact) mass is 400 g/mol. The fourth-order valence-electron chi connectivity index (χ4n) is 4.67. The molecule has 0 spiro atoms. The number of hydrogen-bond donors (Lipinski definition) is 0. The summed E-state index contributed by atoms with van der Waals surface area (Å²) < 4.78 is 16.2. The van der Waals surface area contributed by atoms with E-state index in [1.54, 1.807) is 25.3 Å². The Hall–Kier alpha value is -2.54. The maximum atomic E-state index is 13.5. The molecule has 0 unspecified atom stereocenters. The van der Waals surface area contributed by atoms with Crippen molar-refractivity contribution in [1.82, 2.24) is 4.90 Å². The van der Waals surface area contributed by atoms with Crippen molar-refractivity contribution in [1.29, 1.82) is 0 Å². The molecular formula is C22H28N2O5. The molecule has 0 aromatic heterocycles. The number of benzene rings is 1. The Bertz CT molecular complexity index is 815. The highest BCUT2D eigenvalue weighted by Gasteiger charge is 2.46. The third-order valence-corrected chi connectivity index (χ3v) is 6.12. The van der Waals surface area contributed by atoms with Crippen molar-refractivity contribution in [3.8, 4) is 11.5 Å². The summed E-state index contributed by atoms with van der Waals surface area (Å²) >= 11 is 0. The summed E-state index contributed by atoms with van der Waals surface area (Å²) in [5, 5.41) is 0. The minimum atomic E-state index is -0.340. The summed E-state index contributed by atoms with van der Waals surface area (Å²) in [6, 6.07) is 5.17. The first-order valence-corrected chi connectivity index (χ1v) is 10.3. The van der Waals surface area contributed by atoms with Crippen LogP contribution in [0, 0.1) is 11.8 Å². The standard InChI is InChI=1S/C22H28N2O5/c1-27-15-7-8-20(28-2)19(13-15)24-21(25)14-17(22(24)26)16-5-3-4-6-18(16)23-9-11-29-12-10-23/h6-8,13,16-17H,3-5,9-12,14H2,1-2H3/t16-,17-/m1/s1. The van der Waals surface area contributed by atoms with Crippen molar-refractivity contribution < 1.29 is 23.8 Å². The first kappa shape index (κ1) is 19.8. The molecule has 2 saturated heterocycles. The number of rotatable bonds is 5. The van der Waals surface area contributed by atoms with E-state index in [9.17, 15) is 9.59 Å². The number of morpholine rings is 1. The number of carbonyl (C=O) groups excluding carboxylic acids is 2. The smallest absolute Gasteiger partial charge is 0.238 e. The van der Waals surface area contributed by atoms with Gasteiger partial charge < -0.3 is 19.1 Å². The number of anilines is 1. The molecule has 29 heavy (non-hydrogen) atoms. The van der Waals surface area contributed by atoms with Gasteiger partial charge in [0.1, 0.15) is 11.5 Å². The first-order chi connectivity index (χ1) is 14.1. The zero-order valence-electron chi connectivity index (χ0n) is 17.1. The maximum absolute atomic E-state index is 13.5. The van der Waals surface area contributed by atoms with Crippen molar-refractivity contribution in [2.45, 2.75) is 25.7 Å². The number of nitrogens with zero attached hydrogens (tertiary/aromatic N) is 2. The van der Waals surface area contributed by atoms with Crippen LogP contribution >= 0.6 is 0 Å². The lowest BCUT2D eigenvalue weighted by molar-refractivity contribution is -0.123. The first-order valence-electron chi connectivity index (χ1n) is 10.3. The number of imide groups is 1. The zero-order valence-corrected chi connectivity index (χ0v) is 17.1. The van der Waals surface area contributed by atoms with E-state index in [0.717, 1.165) is 32.4 Å². The van der Waals surface area contributed by atoms with Crippen LogP contribution in [0.15, 0.2) is 30.0 Å². The molecule has 0 radical (unpaired) electrons. The Balaban J connectivity index is 1.62. The second-order valence-corrected chi connectivity index (χ2v) is 7.68. The lowest BCUT2D eigenvalue weighted by atomic mass is 9.80. The topological polar surface area (TPSA) is 68.3 Å². The Kier molecular flexibility index (Phi) is 5.76. The fourth-order valence-corrected chi connectivity index (χ4v) is 4.67. The SMILES string of the molecule is COc1ccc(OC)c(N2C(=O)C[C@H]([C@H]3CCCC=C3N3CCOCC3)C2=O)c1. The van der Waals surface area contributed by atoms with E-state index in [0.29, 0.717) is 30.4 Å². The van der Waals surface area contributed by atoms with E-state index >= 15 is 0 Å². The molecule has 0 saturated carbocycles. The fraction of sp³-hybridized carbons (Fsp3) is 0.545. The molecule has 3 aliphatic rings. The Morgan fingerprint density at radius 2 is 1.86 bits per heavy atom. The van der Waals surface area contributed by atoms with Gasteiger partial charge in [0.25, 0.3) is 0 Å². The van der Waals surface area contributed by atoms with E-state index in [1.807, 2.05) is 0 Å². The summed E-state index contributed by atoms with van der Waals surface area (Å²) in [6.45, 7) is 3.08. The highest BCUT2D eigenvalue weighted by Crippen LogP contribution is 2.43. The van der Waals surface area contributed by atoms with Crippen LogP contribution in [0.3, 0.4) is 0 Å². The molecular weight excluding hydrogens is 372 g/mol. The quantitative estimate of drug-likeness (QED) is 0.708. The molecule has 2 atom stereocenters. The van der Waals surface area contributed by atoms with Gasteiger partial charge in [-0.3, -0.25) is 9.59 Å². The molecule has 1 aromatic carbocycles. The van der Waals surface area contributed by atoms with Crippen molar-refractivity contribution in [2.24, 2.45) is 11.8 Å². The normalized spacial score (nSPS) is 25.2. The second kappa shape index (κ2) is 8.45. The molecule has 1 aromatic rings. The highest BCUT2D eigenvalue weighted by atomic mass is 16.5.